The van der Waals surface area contributed by atoms with Gasteiger partial charge in [-0.2, -0.15) is 0 Å². The lowest BCUT2D eigenvalue weighted by molar-refractivity contribution is 0.114. The molecule has 3 heteroatoms. The van der Waals surface area contributed by atoms with Crippen LogP contribution in [0.2, 0.25) is 0 Å². The Morgan fingerprint density at radius 2 is 2.14 bits per heavy atom. The van der Waals surface area contributed by atoms with E-state index in [0.29, 0.717) is 5.92 Å². The highest BCUT2D eigenvalue weighted by molar-refractivity contribution is 9.11. The molecule has 0 aliphatic carbocycles. The average molecular weight is 277 g/mol. The summed E-state index contributed by atoms with van der Waals surface area (Å²) >= 11 is 5.23. The van der Waals surface area contributed by atoms with Crippen molar-refractivity contribution < 1.29 is 5.11 Å². The first kappa shape index (κ1) is 12.2. The van der Waals surface area contributed by atoms with Crippen LogP contribution in [0.5, 0.6) is 0 Å². The molecule has 0 saturated carbocycles. The lowest BCUT2D eigenvalue weighted by Crippen LogP contribution is -2.14. The molecule has 0 amide bonds. The van der Waals surface area contributed by atoms with E-state index in [1.165, 1.54) is 8.66 Å². The van der Waals surface area contributed by atoms with Gasteiger partial charge in [0.2, 0.25) is 0 Å². The predicted octanol–water partition coefficient (Wildman–Crippen LogP) is 3.85. The van der Waals surface area contributed by atoms with E-state index in [-0.39, 0.29) is 6.10 Å². The van der Waals surface area contributed by atoms with Crippen LogP contribution in [-0.2, 0) is 6.42 Å². The Morgan fingerprint density at radius 3 is 2.64 bits per heavy atom. The van der Waals surface area contributed by atoms with Crippen LogP contribution in [-0.4, -0.2) is 11.2 Å². The van der Waals surface area contributed by atoms with Crippen LogP contribution in [0.3, 0.4) is 0 Å². The molecule has 0 aliphatic rings. The first-order chi connectivity index (χ1) is 6.59. The van der Waals surface area contributed by atoms with E-state index in [1.54, 1.807) is 11.3 Å². The van der Waals surface area contributed by atoms with Gasteiger partial charge in [0.15, 0.2) is 0 Å². The van der Waals surface area contributed by atoms with Crippen LogP contribution in [0, 0.1) is 5.92 Å². The largest absolute Gasteiger partial charge is 0.393 e. The second kappa shape index (κ2) is 5.89. The molecule has 1 heterocycles. The van der Waals surface area contributed by atoms with E-state index in [4.69, 9.17) is 0 Å². The highest BCUT2D eigenvalue weighted by atomic mass is 79.9. The van der Waals surface area contributed by atoms with Crippen LogP contribution in [0.1, 0.15) is 31.6 Å². The van der Waals surface area contributed by atoms with Gasteiger partial charge in [0.25, 0.3) is 0 Å². The summed E-state index contributed by atoms with van der Waals surface area (Å²) in [6.07, 6.45) is 2.93. The molecular weight excluding hydrogens is 260 g/mol. The summed E-state index contributed by atoms with van der Waals surface area (Å²) in [5.41, 5.74) is 0. The predicted molar refractivity (Wildman–Crippen MR) is 65.8 cm³/mol. The van der Waals surface area contributed by atoms with Crippen LogP contribution >= 0.6 is 27.3 Å². The fourth-order valence-corrected chi connectivity index (χ4v) is 2.83. The summed E-state index contributed by atoms with van der Waals surface area (Å²) in [4.78, 5) is 1.40. The highest BCUT2D eigenvalue weighted by Crippen LogP contribution is 2.23. The summed E-state index contributed by atoms with van der Waals surface area (Å²) in [6.45, 7) is 4.12. The Kier molecular flexibility index (Phi) is 5.13. The van der Waals surface area contributed by atoms with Crippen molar-refractivity contribution in [1.82, 2.24) is 0 Å². The van der Waals surface area contributed by atoms with Crippen LogP contribution in [0.4, 0.5) is 0 Å². The normalized spacial score (nSPS) is 13.5. The summed E-state index contributed by atoms with van der Waals surface area (Å²) in [6, 6.07) is 4.23. The summed E-state index contributed by atoms with van der Waals surface area (Å²) in [7, 11) is 0. The molecule has 0 radical (unpaired) electrons. The number of thiophene rings is 1. The van der Waals surface area contributed by atoms with Crippen LogP contribution < -0.4 is 0 Å². The molecule has 0 bridgehead atoms. The Hall–Kier alpha value is 0.140. The maximum absolute atomic E-state index is 9.60. The molecule has 1 nitrogen and oxygen atoms in total. The molecule has 1 N–H and O–H groups in total. The second-order valence-electron chi connectivity index (χ2n) is 3.91. The third-order valence-corrected chi connectivity index (χ3v) is 4.00. The van der Waals surface area contributed by atoms with Crippen molar-refractivity contribution in [3.8, 4) is 0 Å². The van der Waals surface area contributed by atoms with Gasteiger partial charge in [-0.3, -0.25) is 0 Å². The number of halogens is 1. The van der Waals surface area contributed by atoms with Crippen molar-refractivity contribution in [3.63, 3.8) is 0 Å². The van der Waals surface area contributed by atoms with Gasteiger partial charge < -0.3 is 5.11 Å². The number of aliphatic hydroxyl groups is 1. The molecule has 1 aromatic heterocycles. The molecule has 1 atom stereocenters. The quantitative estimate of drug-likeness (QED) is 0.866. The van der Waals surface area contributed by atoms with Gasteiger partial charge in [0.1, 0.15) is 0 Å². The fourth-order valence-electron chi connectivity index (χ4n) is 1.30. The molecular formula is C11H17BrOS. The minimum absolute atomic E-state index is 0.140. The first-order valence-corrected chi connectivity index (χ1v) is 6.63. The zero-order valence-corrected chi connectivity index (χ0v) is 11.1. The van der Waals surface area contributed by atoms with E-state index < -0.39 is 0 Å². The van der Waals surface area contributed by atoms with Crippen molar-refractivity contribution in [3.05, 3.63) is 20.8 Å². The van der Waals surface area contributed by atoms with Gasteiger partial charge in [-0.15, -0.1) is 11.3 Å². The van der Waals surface area contributed by atoms with Gasteiger partial charge in [-0.05, 0) is 53.2 Å². The number of hydrogen-bond donors (Lipinski definition) is 1. The first-order valence-electron chi connectivity index (χ1n) is 5.02. The van der Waals surface area contributed by atoms with Gasteiger partial charge >= 0.3 is 0 Å². The van der Waals surface area contributed by atoms with Gasteiger partial charge in [-0.25, -0.2) is 0 Å². The third-order valence-electron chi connectivity index (χ3n) is 2.32. The van der Waals surface area contributed by atoms with Crippen LogP contribution in [0.15, 0.2) is 15.9 Å². The lowest BCUT2D eigenvalue weighted by Gasteiger charge is -2.13. The summed E-state index contributed by atoms with van der Waals surface area (Å²) in [5, 5.41) is 9.60. The second-order valence-corrected chi connectivity index (χ2v) is 6.46. The number of aliphatic hydroxyl groups excluding tert-OH is 1. The molecule has 0 spiro atoms. The van der Waals surface area contributed by atoms with E-state index in [1.807, 2.05) is 0 Å². The van der Waals surface area contributed by atoms with E-state index in [0.717, 1.165) is 19.3 Å². The summed E-state index contributed by atoms with van der Waals surface area (Å²) in [5.74, 6) is 0.380. The Morgan fingerprint density at radius 1 is 1.43 bits per heavy atom. The Balaban J connectivity index is 2.22. The molecule has 0 aliphatic heterocycles. The molecule has 1 rings (SSSR count). The van der Waals surface area contributed by atoms with Crippen molar-refractivity contribution in [2.75, 3.05) is 0 Å². The molecule has 80 valence electrons. The molecule has 14 heavy (non-hydrogen) atoms. The number of aryl methyl sites for hydroxylation is 1. The third kappa shape index (κ3) is 4.11. The van der Waals surface area contributed by atoms with E-state index in [9.17, 15) is 5.11 Å². The minimum atomic E-state index is -0.140. The lowest BCUT2D eigenvalue weighted by atomic mass is 10.0. The van der Waals surface area contributed by atoms with E-state index >= 15 is 0 Å². The van der Waals surface area contributed by atoms with Gasteiger partial charge in [0.05, 0.1) is 9.89 Å². The molecule has 0 aromatic carbocycles. The smallest absolute Gasteiger partial charge is 0.0701 e. The summed E-state index contributed by atoms with van der Waals surface area (Å²) < 4.78 is 1.19. The van der Waals surface area contributed by atoms with Crippen molar-refractivity contribution >= 4 is 27.3 Å². The molecule has 1 unspecified atom stereocenters. The monoisotopic (exact) mass is 276 g/mol. The molecule has 0 saturated heterocycles. The zero-order valence-electron chi connectivity index (χ0n) is 8.66. The topological polar surface area (TPSA) is 20.2 Å². The Labute approximate surface area is 98.3 Å². The number of hydrogen-bond acceptors (Lipinski definition) is 2. The SMILES string of the molecule is CC(C)C(O)CCCc1ccc(Br)s1. The highest BCUT2D eigenvalue weighted by Gasteiger charge is 2.08. The maximum Gasteiger partial charge on any atom is 0.0701 e. The average Bonchev–Trinajstić information content (AvgIpc) is 2.51. The van der Waals surface area contributed by atoms with E-state index in [2.05, 4.69) is 41.9 Å². The zero-order chi connectivity index (χ0) is 10.6. The van der Waals surface area contributed by atoms with Crippen molar-refractivity contribution in [2.24, 2.45) is 5.92 Å². The van der Waals surface area contributed by atoms with Gasteiger partial charge in [0, 0.05) is 4.88 Å². The fraction of sp³-hybridized carbons (Fsp3) is 0.636. The molecule has 0 fully saturated rings. The maximum atomic E-state index is 9.60. The standard InChI is InChI=1S/C11H17BrOS/c1-8(2)10(13)5-3-4-9-6-7-11(12)14-9/h6-8,10,13H,3-5H2,1-2H3. The van der Waals surface area contributed by atoms with Crippen molar-refractivity contribution in [2.45, 2.75) is 39.2 Å². The number of rotatable bonds is 5. The van der Waals surface area contributed by atoms with Crippen LogP contribution in [0.25, 0.3) is 0 Å². The van der Waals surface area contributed by atoms with Crippen molar-refractivity contribution in [1.29, 1.82) is 0 Å². The Bertz CT molecular complexity index is 270. The minimum Gasteiger partial charge on any atom is -0.393 e. The van der Waals surface area contributed by atoms with Gasteiger partial charge in [-0.1, -0.05) is 13.8 Å². The molecule has 1 aromatic rings.